The predicted molar refractivity (Wildman–Crippen MR) is 92.7 cm³/mol. The monoisotopic (exact) mass is 404 g/mol. The number of carbonyl (C=O) groups excluding carboxylic acids is 1. The Balaban J connectivity index is 2.20. The SMILES string of the molecule is CN(Cc1ccc(Br)cc1)C(=O)Cn1cc([N+](=O)[O-])cc(C#N)c1=O. The number of likely N-dealkylation sites (N-methyl/N-ethyl adjacent to an activating group) is 1. The van der Waals surface area contributed by atoms with E-state index < -0.39 is 22.1 Å². The molecule has 128 valence electrons. The van der Waals surface area contributed by atoms with Gasteiger partial charge >= 0.3 is 0 Å². The summed E-state index contributed by atoms with van der Waals surface area (Å²) < 4.78 is 1.80. The van der Waals surface area contributed by atoms with Gasteiger partial charge in [-0.1, -0.05) is 28.1 Å². The van der Waals surface area contributed by atoms with Crippen LogP contribution >= 0.6 is 15.9 Å². The minimum Gasteiger partial charge on any atom is -0.340 e. The maximum absolute atomic E-state index is 12.3. The van der Waals surface area contributed by atoms with Gasteiger partial charge in [0.15, 0.2) is 0 Å². The fraction of sp³-hybridized carbons (Fsp3) is 0.188. The Bertz CT molecular complexity index is 915. The number of benzene rings is 1. The number of hydrogen-bond donors (Lipinski definition) is 0. The normalized spacial score (nSPS) is 10.1. The summed E-state index contributed by atoms with van der Waals surface area (Å²) in [5.41, 5.74) is -0.640. The largest absolute Gasteiger partial charge is 0.340 e. The van der Waals surface area contributed by atoms with E-state index in [0.29, 0.717) is 6.54 Å². The first-order valence-corrected chi connectivity index (χ1v) is 7.88. The molecule has 0 saturated carbocycles. The second-order valence-electron chi connectivity index (χ2n) is 5.29. The van der Waals surface area contributed by atoms with E-state index in [1.807, 2.05) is 24.3 Å². The number of rotatable bonds is 5. The summed E-state index contributed by atoms with van der Waals surface area (Å²) in [5.74, 6) is -0.408. The van der Waals surface area contributed by atoms with E-state index in [2.05, 4.69) is 15.9 Å². The summed E-state index contributed by atoms with van der Waals surface area (Å²) >= 11 is 3.32. The van der Waals surface area contributed by atoms with Crippen molar-refractivity contribution in [2.24, 2.45) is 0 Å². The Morgan fingerprint density at radius 2 is 2.04 bits per heavy atom. The molecule has 0 aliphatic heterocycles. The molecule has 0 unspecified atom stereocenters. The number of nitrogens with zero attached hydrogens (tertiary/aromatic N) is 4. The molecule has 8 nitrogen and oxygen atoms in total. The summed E-state index contributed by atoms with van der Waals surface area (Å²) in [4.78, 5) is 36.0. The standard InChI is InChI=1S/C16H13BrN4O4/c1-19(8-11-2-4-13(17)5-3-11)15(22)10-20-9-14(21(24)25)6-12(7-18)16(20)23/h2-6,9H,8,10H2,1H3. The van der Waals surface area contributed by atoms with Crippen molar-refractivity contribution in [3.8, 4) is 6.07 Å². The molecule has 0 aliphatic carbocycles. The van der Waals surface area contributed by atoms with Crippen LogP contribution in [0, 0.1) is 21.4 Å². The lowest BCUT2D eigenvalue weighted by molar-refractivity contribution is -0.385. The molecule has 1 heterocycles. The summed E-state index contributed by atoms with van der Waals surface area (Å²) in [5, 5.41) is 19.8. The van der Waals surface area contributed by atoms with E-state index in [0.717, 1.165) is 26.9 Å². The van der Waals surface area contributed by atoms with Crippen LogP contribution in [-0.2, 0) is 17.9 Å². The van der Waals surface area contributed by atoms with Crippen LogP contribution in [-0.4, -0.2) is 27.3 Å². The van der Waals surface area contributed by atoms with Gasteiger partial charge in [-0.2, -0.15) is 5.26 Å². The van der Waals surface area contributed by atoms with Gasteiger partial charge in [-0.15, -0.1) is 0 Å². The molecule has 2 rings (SSSR count). The van der Waals surface area contributed by atoms with Crippen LogP contribution in [0.25, 0.3) is 0 Å². The van der Waals surface area contributed by atoms with E-state index >= 15 is 0 Å². The Morgan fingerprint density at radius 3 is 2.60 bits per heavy atom. The minimum absolute atomic E-state index is 0.320. The van der Waals surface area contributed by atoms with E-state index in [1.165, 1.54) is 4.90 Å². The quantitative estimate of drug-likeness (QED) is 0.559. The average Bonchev–Trinajstić information content (AvgIpc) is 2.58. The first-order chi connectivity index (χ1) is 11.8. The number of carbonyl (C=O) groups is 1. The number of nitro groups is 1. The van der Waals surface area contributed by atoms with Gasteiger partial charge in [-0.3, -0.25) is 24.3 Å². The first-order valence-electron chi connectivity index (χ1n) is 7.09. The molecule has 0 N–H and O–H groups in total. The summed E-state index contributed by atoms with van der Waals surface area (Å²) in [6, 6.07) is 9.90. The van der Waals surface area contributed by atoms with Crippen molar-refractivity contribution >= 4 is 27.5 Å². The van der Waals surface area contributed by atoms with Crippen molar-refractivity contribution in [1.29, 1.82) is 5.26 Å². The summed E-state index contributed by atoms with van der Waals surface area (Å²) in [6.45, 7) is -0.0664. The van der Waals surface area contributed by atoms with Crippen molar-refractivity contribution in [2.75, 3.05) is 7.05 Å². The second kappa shape index (κ2) is 7.72. The topological polar surface area (TPSA) is 109 Å². The average molecular weight is 405 g/mol. The molecule has 0 saturated heterocycles. The van der Waals surface area contributed by atoms with Crippen molar-refractivity contribution in [3.05, 3.63) is 72.6 Å². The highest BCUT2D eigenvalue weighted by molar-refractivity contribution is 9.10. The van der Waals surface area contributed by atoms with Crippen molar-refractivity contribution in [1.82, 2.24) is 9.47 Å². The third kappa shape index (κ3) is 4.51. The van der Waals surface area contributed by atoms with Gasteiger partial charge in [-0.05, 0) is 17.7 Å². The summed E-state index contributed by atoms with van der Waals surface area (Å²) in [7, 11) is 1.57. The molecule has 1 aromatic carbocycles. The number of hydrogen-bond acceptors (Lipinski definition) is 5. The molecule has 0 spiro atoms. The van der Waals surface area contributed by atoms with Crippen LogP contribution in [0.4, 0.5) is 5.69 Å². The van der Waals surface area contributed by atoms with Gasteiger partial charge in [0.25, 0.3) is 11.2 Å². The molecular formula is C16H13BrN4O4. The van der Waals surface area contributed by atoms with Gasteiger partial charge in [0, 0.05) is 24.1 Å². The summed E-state index contributed by atoms with van der Waals surface area (Å²) in [6.07, 6.45) is 0.967. The van der Waals surface area contributed by atoms with Crippen LogP contribution in [0.3, 0.4) is 0 Å². The fourth-order valence-electron chi connectivity index (χ4n) is 2.14. The molecule has 0 bridgehead atoms. The smallest absolute Gasteiger partial charge is 0.287 e. The van der Waals surface area contributed by atoms with Crippen LogP contribution in [0.5, 0.6) is 0 Å². The van der Waals surface area contributed by atoms with Crippen LogP contribution < -0.4 is 5.56 Å². The molecule has 9 heteroatoms. The Hall–Kier alpha value is -2.99. The number of halogens is 1. The highest BCUT2D eigenvalue weighted by atomic mass is 79.9. The number of nitriles is 1. The third-order valence-electron chi connectivity index (χ3n) is 3.47. The highest BCUT2D eigenvalue weighted by Gasteiger charge is 2.17. The van der Waals surface area contributed by atoms with Gasteiger partial charge in [-0.25, -0.2) is 0 Å². The van der Waals surface area contributed by atoms with Gasteiger partial charge in [0.2, 0.25) is 5.91 Å². The van der Waals surface area contributed by atoms with Gasteiger partial charge in [0.05, 0.1) is 11.1 Å². The number of amides is 1. The molecule has 1 aromatic heterocycles. The molecule has 0 fully saturated rings. The maximum atomic E-state index is 12.3. The molecule has 0 atom stereocenters. The van der Waals surface area contributed by atoms with Crippen molar-refractivity contribution < 1.29 is 9.72 Å². The van der Waals surface area contributed by atoms with Gasteiger partial charge in [0.1, 0.15) is 18.2 Å². The Morgan fingerprint density at radius 1 is 1.40 bits per heavy atom. The maximum Gasteiger partial charge on any atom is 0.287 e. The van der Waals surface area contributed by atoms with Crippen LogP contribution in [0.15, 0.2) is 45.8 Å². The molecule has 2 aromatic rings. The first kappa shape index (κ1) is 18.4. The second-order valence-corrected chi connectivity index (χ2v) is 6.21. The predicted octanol–water partition coefficient (Wildman–Crippen LogP) is 2.05. The van der Waals surface area contributed by atoms with E-state index in [4.69, 9.17) is 5.26 Å². The van der Waals surface area contributed by atoms with E-state index in [9.17, 15) is 19.7 Å². The Labute approximate surface area is 151 Å². The zero-order chi connectivity index (χ0) is 18.6. The highest BCUT2D eigenvalue weighted by Crippen LogP contribution is 2.13. The fourth-order valence-corrected chi connectivity index (χ4v) is 2.40. The van der Waals surface area contributed by atoms with E-state index in [-0.39, 0.29) is 12.1 Å². The van der Waals surface area contributed by atoms with Crippen LogP contribution in [0.2, 0.25) is 0 Å². The zero-order valence-electron chi connectivity index (χ0n) is 13.2. The molecule has 0 radical (unpaired) electrons. The van der Waals surface area contributed by atoms with Crippen LogP contribution in [0.1, 0.15) is 11.1 Å². The molecule has 1 amide bonds. The number of pyridine rings is 1. The molecular weight excluding hydrogens is 392 g/mol. The van der Waals surface area contributed by atoms with Crippen molar-refractivity contribution in [2.45, 2.75) is 13.1 Å². The lowest BCUT2D eigenvalue weighted by atomic mass is 10.2. The van der Waals surface area contributed by atoms with Gasteiger partial charge < -0.3 is 4.90 Å². The molecule has 25 heavy (non-hydrogen) atoms. The lowest BCUT2D eigenvalue weighted by Crippen LogP contribution is -2.34. The molecule has 0 aliphatic rings. The third-order valence-corrected chi connectivity index (χ3v) is 4.00. The van der Waals surface area contributed by atoms with Crippen molar-refractivity contribution in [3.63, 3.8) is 0 Å². The number of aromatic nitrogens is 1. The Kier molecular flexibility index (Phi) is 5.67. The zero-order valence-corrected chi connectivity index (χ0v) is 14.8. The lowest BCUT2D eigenvalue weighted by Gasteiger charge is -2.18. The van der Waals surface area contributed by atoms with E-state index in [1.54, 1.807) is 13.1 Å². The minimum atomic E-state index is -0.738.